The molecule has 0 aromatic carbocycles. The molecule has 1 heterocycles. The summed E-state index contributed by atoms with van der Waals surface area (Å²) in [6.07, 6.45) is 2.86. The Hall–Kier alpha value is -0.680. The molecule has 0 aliphatic heterocycles. The van der Waals surface area contributed by atoms with Crippen molar-refractivity contribution < 1.29 is 4.79 Å². The second kappa shape index (κ2) is 3.64. The molecule has 1 aromatic rings. The van der Waals surface area contributed by atoms with Gasteiger partial charge in [0.2, 0.25) is 5.91 Å². The molecule has 58 valence electrons. The zero-order valence-electron chi connectivity index (χ0n) is 5.45. The number of halogens is 1. The summed E-state index contributed by atoms with van der Waals surface area (Å²) in [4.78, 5) is 14.3. The van der Waals surface area contributed by atoms with Crippen LogP contribution < -0.4 is 5.73 Å². The van der Waals surface area contributed by atoms with Crippen LogP contribution in [0.3, 0.4) is 0 Å². The summed E-state index contributed by atoms with van der Waals surface area (Å²) in [5.41, 5.74) is 4.89. The van der Waals surface area contributed by atoms with E-state index in [1.807, 2.05) is 5.38 Å². The van der Waals surface area contributed by atoms with Crippen LogP contribution in [-0.2, 0) is 4.79 Å². The van der Waals surface area contributed by atoms with Gasteiger partial charge in [0, 0.05) is 11.5 Å². The van der Waals surface area contributed by atoms with Gasteiger partial charge in [-0.15, -0.1) is 11.3 Å². The van der Waals surface area contributed by atoms with Crippen LogP contribution in [0.25, 0.3) is 6.08 Å². The third-order valence-corrected chi connectivity index (χ3v) is 2.40. The van der Waals surface area contributed by atoms with Gasteiger partial charge in [-0.25, -0.2) is 4.98 Å². The lowest BCUT2D eigenvalue weighted by Crippen LogP contribution is -2.04. The van der Waals surface area contributed by atoms with Crippen LogP contribution in [0, 0.1) is 0 Å². The predicted molar refractivity (Wildman–Crippen MR) is 48.0 cm³/mol. The van der Waals surface area contributed by atoms with Crippen LogP contribution in [-0.4, -0.2) is 10.9 Å². The Morgan fingerprint density at radius 1 is 1.82 bits per heavy atom. The molecular formula is C6H5BrN2OS. The maximum absolute atomic E-state index is 10.3. The molecule has 0 radical (unpaired) electrons. The minimum atomic E-state index is -0.462. The zero-order valence-corrected chi connectivity index (χ0v) is 7.85. The van der Waals surface area contributed by atoms with Crippen molar-refractivity contribution in [2.75, 3.05) is 0 Å². The third-order valence-electron chi connectivity index (χ3n) is 0.884. The molecule has 11 heavy (non-hydrogen) atoms. The van der Waals surface area contributed by atoms with Crippen LogP contribution in [0.1, 0.15) is 5.01 Å². The van der Waals surface area contributed by atoms with Crippen LogP contribution in [0.15, 0.2) is 16.1 Å². The number of thiazole rings is 1. The highest BCUT2D eigenvalue weighted by atomic mass is 79.9. The van der Waals surface area contributed by atoms with Gasteiger partial charge in [0.25, 0.3) is 0 Å². The fourth-order valence-electron chi connectivity index (χ4n) is 0.497. The van der Waals surface area contributed by atoms with Crippen molar-refractivity contribution in [2.45, 2.75) is 0 Å². The fraction of sp³-hybridized carbons (Fsp3) is 0. The van der Waals surface area contributed by atoms with Gasteiger partial charge in [-0.2, -0.15) is 0 Å². The first-order chi connectivity index (χ1) is 5.18. The summed E-state index contributed by atoms with van der Waals surface area (Å²) < 4.78 is 0.770. The molecule has 2 N–H and O–H groups in total. The number of carbonyl (C=O) groups is 1. The summed E-state index contributed by atoms with van der Waals surface area (Å²) in [7, 11) is 0. The van der Waals surface area contributed by atoms with Crippen molar-refractivity contribution in [1.82, 2.24) is 4.98 Å². The number of nitrogens with two attached hydrogens (primary N) is 1. The maximum Gasteiger partial charge on any atom is 0.241 e. The number of rotatable bonds is 2. The summed E-state index contributed by atoms with van der Waals surface area (Å²) in [6, 6.07) is 0. The first-order valence-corrected chi connectivity index (χ1v) is 4.44. The highest BCUT2D eigenvalue weighted by molar-refractivity contribution is 9.10. The number of nitrogens with zero attached hydrogens (tertiary/aromatic N) is 1. The first-order valence-electron chi connectivity index (χ1n) is 2.77. The normalized spacial score (nSPS) is 10.6. The van der Waals surface area contributed by atoms with Crippen molar-refractivity contribution >= 4 is 39.2 Å². The van der Waals surface area contributed by atoms with Crippen LogP contribution >= 0.6 is 27.3 Å². The molecule has 0 saturated carbocycles. The van der Waals surface area contributed by atoms with Gasteiger partial charge in [-0.05, 0) is 22.0 Å². The topological polar surface area (TPSA) is 56.0 Å². The molecule has 0 aliphatic carbocycles. The van der Waals surface area contributed by atoms with E-state index < -0.39 is 5.91 Å². The van der Waals surface area contributed by atoms with Crippen LogP contribution in [0.4, 0.5) is 0 Å². The van der Waals surface area contributed by atoms with E-state index in [4.69, 9.17) is 5.73 Å². The lowest BCUT2D eigenvalue weighted by Gasteiger charge is -1.79. The Bertz CT molecular complexity index is 295. The van der Waals surface area contributed by atoms with Gasteiger partial charge in [0.05, 0.1) is 0 Å². The molecule has 0 aliphatic rings. The highest BCUT2D eigenvalue weighted by Gasteiger charge is 1.93. The summed E-state index contributed by atoms with van der Waals surface area (Å²) >= 11 is 4.63. The number of aromatic nitrogens is 1. The minimum Gasteiger partial charge on any atom is -0.366 e. The molecule has 3 nitrogen and oxygen atoms in total. The number of hydrogen-bond acceptors (Lipinski definition) is 3. The van der Waals surface area contributed by atoms with E-state index in [1.165, 1.54) is 17.4 Å². The lowest BCUT2D eigenvalue weighted by molar-refractivity contribution is -0.113. The molecule has 1 amide bonds. The van der Waals surface area contributed by atoms with E-state index in [2.05, 4.69) is 20.9 Å². The third kappa shape index (κ3) is 2.81. The van der Waals surface area contributed by atoms with Gasteiger partial charge in [-0.1, -0.05) is 0 Å². The van der Waals surface area contributed by atoms with Gasteiger partial charge in [0.1, 0.15) is 9.61 Å². The Kier molecular flexibility index (Phi) is 2.78. The lowest BCUT2D eigenvalue weighted by atomic mass is 10.5. The second-order valence-electron chi connectivity index (χ2n) is 1.74. The predicted octanol–water partition coefficient (Wildman–Crippen LogP) is 1.40. The van der Waals surface area contributed by atoms with E-state index in [0.29, 0.717) is 0 Å². The van der Waals surface area contributed by atoms with Crippen molar-refractivity contribution in [1.29, 1.82) is 0 Å². The van der Waals surface area contributed by atoms with Gasteiger partial charge in [0.15, 0.2) is 0 Å². The van der Waals surface area contributed by atoms with E-state index in [-0.39, 0.29) is 0 Å². The molecule has 1 aromatic heterocycles. The average Bonchev–Trinajstić information content (AvgIpc) is 2.31. The summed E-state index contributed by atoms with van der Waals surface area (Å²) in [5.74, 6) is -0.462. The quantitative estimate of drug-likeness (QED) is 0.785. The molecule has 0 unspecified atom stereocenters. The second-order valence-corrected chi connectivity index (χ2v) is 3.45. The molecule has 0 saturated heterocycles. The first kappa shape index (κ1) is 8.42. The molecule has 5 heteroatoms. The standard InChI is InChI=1S/C6H5BrN2OS/c7-4-3-11-6(9-4)2-1-5(8)10/h1-3H,(H2,8,10). The van der Waals surface area contributed by atoms with E-state index in [1.54, 1.807) is 6.08 Å². The van der Waals surface area contributed by atoms with Crippen molar-refractivity contribution in [3.63, 3.8) is 0 Å². The Morgan fingerprint density at radius 3 is 3.00 bits per heavy atom. The van der Waals surface area contributed by atoms with Crippen molar-refractivity contribution in [3.8, 4) is 0 Å². The molecule has 0 bridgehead atoms. The fourth-order valence-corrected chi connectivity index (χ4v) is 1.65. The van der Waals surface area contributed by atoms with Gasteiger partial charge >= 0.3 is 0 Å². The number of primary amides is 1. The minimum absolute atomic E-state index is 0.462. The largest absolute Gasteiger partial charge is 0.366 e. The van der Waals surface area contributed by atoms with Crippen LogP contribution in [0.2, 0.25) is 0 Å². The SMILES string of the molecule is NC(=O)C=Cc1nc(Br)cs1. The van der Waals surface area contributed by atoms with Crippen molar-refractivity contribution in [2.24, 2.45) is 5.73 Å². The molecule has 1 rings (SSSR count). The monoisotopic (exact) mass is 232 g/mol. The highest BCUT2D eigenvalue weighted by Crippen LogP contribution is 2.15. The van der Waals surface area contributed by atoms with Crippen LogP contribution in [0.5, 0.6) is 0 Å². The molecular weight excluding hydrogens is 228 g/mol. The number of amides is 1. The maximum atomic E-state index is 10.3. The Balaban J connectivity index is 2.71. The molecule has 0 spiro atoms. The van der Waals surface area contributed by atoms with Crippen molar-refractivity contribution in [3.05, 3.63) is 21.1 Å². The zero-order chi connectivity index (χ0) is 8.27. The van der Waals surface area contributed by atoms with Gasteiger partial charge < -0.3 is 5.73 Å². The average molecular weight is 233 g/mol. The molecule has 0 atom stereocenters. The molecule has 0 fully saturated rings. The van der Waals surface area contributed by atoms with E-state index >= 15 is 0 Å². The van der Waals surface area contributed by atoms with E-state index in [9.17, 15) is 4.79 Å². The van der Waals surface area contributed by atoms with Gasteiger partial charge in [-0.3, -0.25) is 4.79 Å². The summed E-state index contributed by atoms with van der Waals surface area (Å²) in [6.45, 7) is 0. The van der Waals surface area contributed by atoms with E-state index in [0.717, 1.165) is 9.61 Å². The Labute approximate surface area is 76.1 Å². The Morgan fingerprint density at radius 2 is 2.55 bits per heavy atom. The smallest absolute Gasteiger partial charge is 0.241 e. The number of hydrogen-bond donors (Lipinski definition) is 1. The summed E-state index contributed by atoms with van der Waals surface area (Å²) in [5, 5.41) is 2.59. The number of carbonyl (C=O) groups excluding carboxylic acids is 1.